The van der Waals surface area contributed by atoms with Crippen molar-refractivity contribution in [3.63, 3.8) is 0 Å². The lowest BCUT2D eigenvalue weighted by atomic mass is 9.92. The quantitative estimate of drug-likeness (QED) is 0.702. The summed E-state index contributed by atoms with van der Waals surface area (Å²) in [6, 6.07) is 12.6. The van der Waals surface area contributed by atoms with Crippen LogP contribution in [0.25, 0.3) is 5.95 Å². The molecule has 158 valence electrons. The van der Waals surface area contributed by atoms with Crippen molar-refractivity contribution in [3.8, 4) is 5.95 Å². The monoisotopic (exact) mass is 417 g/mol. The molecule has 0 spiro atoms. The van der Waals surface area contributed by atoms with Gasteiger partial charge in [-0.15, -0.1) is 0 Å². The van der Waals surface area contributed by atoms with Crippen LogP contribution in [0.4, 0.5) is 11.5 Å². The highest BCUT2D eigenvalue weighted by molar-refractivity contribution is 6.44. The highest BCUT2D eigenvalue weighted by Crippen LogP contribution is 2.26. The van der Waals surface area contributed by atoms with Gasteiger partial charge in [0.15, 0.2) is 0 Å². The normalized spacial score (nSPS) is 14.4. The van der Waals surface area contributed by atoms with Gasteiger partial charge in [-0.3, -0.25) is 9.59 Å². The molecule has 0 radical (unpaired) electrons. The van der Waals surface area contributed by atoms with Crippen molar-refractivity contribution in [3.05, 3.63) is 60.6 Å². The Morgan fingerprint density at radius 3 is 2.42 bits per heavy atom. The van der Waals surface area contributed by atoms with Gasteiger partial charge in [0.1, 0.15) is 11.5 Å². The van der Waals surface area contributed by atoms with E-state index in [-0.39, 0.29) is 29.9 Å². The van der Waals surface area contributed by atoms with Crippen molar-refractivity contribution in [2.45, 2.75) is 39.0 Å². The van der Waals surface area contributed by atoms with E-state index in [2.05, 4.69) is 25.5 Å². The molecule has 31 heavy (non-hydrogen) atoms. The zero-order valence-corrected chi connectivity index (χ0v) is 17.6. The van der Waals surface area contributed by atoms with Crippen LogP contribution in [0.1, 0.15) is 39.3 Å². The Labute approximate surface area is 179 Å². The number of amides is 2. The van der Waals surface area contributed by atoms with Crippen molar-refractivity contribution in [1.82, 2.24) is 19.7 Å². The lowest BCUT2D eigenvalue weighted by Gasteiger charge is -2.23. The molecule has 3 aromatic rings. The number of benzene rings is 1. The maximum atomic E-state index is 13.0. The van der Waals surface area contributed by atoms with E-state index < -0.39 is 5.91 Å². The van der Waals surface area contributed by atoms with E-state index in [1.54, 1.807) is 36.7 Å². The highest BCUT2D eigenvalue weighted by atomic mass is 16.2. The molecule has 1 aliphatic rings. The lowest BCUT2D eigenvalue weighted by Crippen LogP contribution is -2.36. The summed E-state index contributed by atoms with van der Waals surface area (Å²) in [7, 11) is 0. The number of nitrogens with zero attached hydrogens (tertiary/aromatic N) is 6. The standard InChI is InChI=1S/C22H23N7O2/c1-22(2,3)17-14-18(29(27-17)21-23-12-7-13-24-21)25-20(31)16-10-11-19(30)28(26-16)15-8-5-4-6-9-15/h4-9,12-14H,10-11H2,1-3H3,(H,25,31). The fraction of sp³-hybridized carbons (Fsp3) is 0.273. The molecule has 1 aliphatic heterocycles. The number of anilines is 2. The average molecular weight is 417 g/mol. The number of carbonyl (C=O) groups excluding carboxylic acids is 2. The first-order valence-electron chi connectivity index (χ1n) is 9.98. The summed E-state index contributed by atoms with van der Waals surface area (Å²) < 4.78 is 1.50. The third-order valence-corrected chi connectivity index (χ3v) is 4.76. The number of nitrogens with one attached hydrogen (secondary N) is 1. The second kappa shape index (κ2) is 8.10. The molecular weight excluding hydrogens is 394 g/mol. The summed E-state index contributed by atoms with van der Waals surface area (Å²) in [4.78, 5) is 33.8. The van der Waals surface area contributed by atoms with Gasteiger partial charge in [-0.05, 0) is 18.2 Å². The molecule has 1 aromatic carbocycles. The molecule has 9 nitrogen and oxygen atoms in total. The number of rotatable bonds is 4. The molecule has 2 amide bonds. The minimum atomic E-state index is -0.397. The van der Waals surface area contributed by atoms with Crippen LogP contribution in [-0.4, -0.2) is 37.3 Å². The summed E-state index contributed by atoms with van der Waals surface area (Å²) in [5.41, 5.74) is 1.43. The Balaban J connectivity index is 1.65. The largest absolute Gasteiger partial charge is 0.305 e. The molecule has 0 aliphatic carbocycles. The van der Waals surface area contributed by atoms with E-state index in [1.807, 2.05) is 39.0 Å². The second-order valence-electron chi connectivity index (χ2n) is 8.17. The number of carbonyl (C=O) groups is 2. The minimum Gasteiger partial charge on any atom is -0.305 e. The molecule has 0 saturated carbocycles. The Morgan fingerprint density at radius 1 is 1.03 bits per heavy atom. The lowest BCUT2D eigenvalue weighted by molar-refractivity contribution is -0.118. The van der Waals surface area contributed by atoms with E-state index in [0.29, 0.717) is 17.5 Å². The van der Waals surface area contributed by atoms with Gasteiger partial charge in [0.2, 0.25) is 5.91 Å². The Hall–Kier alpha value is -3.88. The SMILES string of the molecule is CC(C)(C)c1cc(NC(=O)C2=NN(c3ccccc3)C(=O)CC2)n(-c2ncccn2)n1. The van der Waals surface area contributed by atoms with Crippen LogP contribution in [0, 0.1) is 0 Å². The molecule has 0 bridgehead atoms. The first kappa shape index (κ1) is 20.4. The summed E-state index contributed by atoms with van der Waals surface area (Å²) in [5.74, 6) is 0.235. The van der Waals surface area contributed by atoms with E-state index >= 15 is 0 Å². The maximum Gasteiger partial charge on any atom is 0.273 e. The molecule has 4 rings (SSSR count). The smallest absolute Gasteiger partial charge is 0.273 e. The molecule has 3 heterocycles. The first-order valence-corrected chi connectivity index (χ1v) is 9.98. The van der Waals surface area contributed by atoms with Gasteiger partial charge < -0.3 is 5.32 Å². The minimum absolute atomic E-state index is 0.152. The summed E-state index contributed by atoms with van der Waals surface area (Å²) in [5, 5.41) is 13.1. The summed E-state index contributed by atoms with van der Waals surface area (Å²) >= 11 is 0. The van der Waals surface area contributed by atoms with Gasteiger partial charge in [-0.2, -0.15) is 14.9 Å². The van der Waals surface area contributed by atoms with Crippen molar-refractivity contribution in [1.29, 1.82) is 0 Å². The van der Waals surface area contributed by atoms with Gasteiger partial charge in [0.25, 0.3) is 11.9 Å². The summed E-state index contributed by atoms with van der Waals surface area (Å²) in [6.07, 6.45) is 3.69. The van der Waals surface area contributed by atoms with Crippen molar-refractivity contribution < 1.29 is 9.59 Å². The van der Waals surface area contributed by atoms with Crippen LogP contribution >= 0.6 is 0 Å². The van der Waals surface area contributed by atoms with Gasteiger partial charge in [0.05, 0.1) is 11.4 Å². The van der Waals surface area contributed by atoms with Crippen molar-refractivity contribution in [2.24, 2.45) is 5.10 Å². The third kappa shape index (κ3) is 4.35. The number of aromatic nitrogens is 4. The third-order valence-electron chi connectivity index (χ3n) is 4.76. The van der Waals surface area contributed by atoms with E-state index in [1.165, 1.54) is 9.69 Å². The zero-order chi connectivity index (χ0) is 22.0. The van der Waals surface area contributed by atoms with Gasteiger partial charge in [-0.1, -0.05) is 39.0 Å². The van der Waals surface area contributed by atoms with Gasteiger partial charge in [0, 0.05) is 36.7 Å². The molecule has 0 saturated heterocycles. The van der Waals surface area contributed by atoms with Crippen LogP contribution in [-0.2, 0) is 15.0 Å². The van der Waals surface area contributed by atoms with Crippen LogP contribution in [0.3, 0.4) is 0 Å². The van der Waals surface area contributed by atoms with Gasteiger partial charge in [-0.25, -0.2) is 15.0 Å². The summed E-state index contributed by atoms with van der Waals surface area (Å²) in [6.45, 7) is 6.10. The molecule has 0 unspecified atom stereocenters. The van der Waals surface area contributed by atoms with Crippen LogP contribution in [0.15, 0.2) is 60.0 Å². The number of hydrogen-bond donors (Lipinski definition) is 1. The van der Waals surface area contributed by atoms with Crippen molar-refractivity contribution in [2.75, 3.05) is 10.3 Å². The van der Waals surface area contributed by atoms with Gasteiger partial charge >= 0.3 is 0 Å². The zero-order valence-electron chi connectivity index (χ0n) is 17.6. The molecule has 9 heteroatoms. The maximum absolute atomic E-state index is 13.0. The Kier molecular flexibility index (Phi) is 5.33. The van der Waals surface area contributed by atoms with Crippen molar-refractivity contribution >= 4 is 29.0 Å². The molecule has 0 atom stereocenters. The van der Waals surface area contributed by atoms with E-state index in [0.717, 1.165) is 5.69 Å². The molecule has 1 N–H and O–H groups in total. The molecule has 0 fully saturated rings. The first-order chi connectivity index (χ1) is 14.8. The second-order valence-corrected chi connectivity index (χ2v) is 8.17. The highest BCUT2D eigenvalue weighted by Gasteiger charge is 2.27. The average Bonchev–Trinajstić information content (AvgIpc) is 3.19. The fourth-order valence-corrected chi connectivity index (χ4v) is 3.07. The van der Waals surface area contributed by atoms with Crippen LogP contribution < -0.4 is 10.3 Å². The van der Waals surface area contributed by atoms with Crippen LogP contribution in [0.5, 0.6) is 0 Å². The predicted octanol–water partition coefficient (Wildman–Crippen LogP) is 3.08. The number of hydrogen-bond acceptors (Lipinski definition) is 6. The Morgan fingerprint density at radius 2 is 1.74 bits per heavy atom. The van der Waals surface area contributed by atoms with E-state index in [4.69, 9.17) is 0 Å². The fourth-order valence-electron chi connectivity index (χ4n) is 3.07. The number of hydrazone groups is 1. The molecule has 2 aromatic heterocycles. The van der Waals surface area contributed by atoms with E-state index in [9.17, 15) is 9.59 Å². The number of para-hydroxylation sites is 1. The molecular formula is C22H23N7O2. The predicted molar refractivity (Wildman–Crippen MR) is 117 cm³/mol. The topological polar surface area (TPSA) is 105 Å². The van der Waals surface area contributed by atoms with Crippen LogP contribution in [0.2, 0.25) is 0 Å². The Bertz CT molecular complexity index is 1130.